The van der Waals surface area contributed by atoms with Gasteiger partial charge in [-0.25, -0.2) is 8.78 Å². The van der Waals surface area contributed by atoms with Crippen molar-refractivity contribution < 1.29 is 22.7 Å². The molecule has 0 radical (unpaired) electrons. The summed E-state index contributed by atoms with van der Waals surface area (Å²) in [5, 5.41) is 3.30. The van der Waals surface area contributed by atoms with E-state index in [0.29, 0.717) is 70.3 Å². The molecule has 6 aromatic rings. The Bertz CT molecular complexity index is 2930. The van der Waals surface area contributed by atoms with E-state index in [1.165, 1.54) is 0 Å². The standard InChI is InChI=1S/C60H76F2N6O3Si2/c1-41(2)72(42(3)4,43(5)6)35-30-50-51(62)29-28-44-36-47(71-73(59(7,8)9,48-24-14-12-15-25-48)49-26-16-13-17-27-49)37-52(53(44)50)70-58-64-55-54(68(58)46-22-20-23-46)56(66-32-18-10-11-19-33-66)65-57(63-55)69-40-60-31-21-34-67(60)39-45(61)38-60/h12-17,24-29,36-37,41-43,45-46H,10-11,18-23,31-34,38-40H2,1-9H3/q-1/t45-,60+/m1/s1. The molecule has 13 heteroatoms. The van der Waals surface area contributed by atoms with E-state index in [-0.39, 0.29) is 22.6 Å². The summed E-state index contributed by atoms with van der Waals surface area (Å²) < 4.78 is 55.9. The maximum absolute atomic E-state index is 17.0. The molecule has 0 amide bonds. The SMILES string of the molecule is CC(C)[Si-](C#Cc1c(F)ccc2cc(O[Si](c3ccccc3)(c3ccccc3)C(C)(C)C)cc(Oc3nc4nc(OC[C@@]56CCCN5C[C@H](F)C6)nc(N5CCCCCC5)c4n3C3CCC3)c12)(C(C)C)C(C)C. The summed E-state index contributed by atoms with van der Waals surface area (Å²) in [5.74, 6) is 4.97. The maximum atomic E-state index is 17.0. The maximum Gasteiger partial charge on any atom is 0.320 e. The van der Waals surface area contributed by atoms with Crippen LogP contribution in [0.1, 0.15) is 138 Å². The quantitative estimate of drug-likeness (QED) is 0.0789. The predicted molar refractivity (Wildman–Crippen MR) is 298 cm³/mol. The largest absolute Gasteiger partial charge is 0.534 e. The molecule has 1 saturated carbocycles. The summed E-state index contributed by atoms with van der Waals surface area (Å²) in [6.07, 6.45) is 8.86. The second kappa shape index (κ2) is 20.4. The normalized spacial score (nSPS) is 20.1. The lowest BCUT2D eigenvalue weighted by Gasteiger charge is -2.50. The van der Waals surface area contributed by atoms with Gasteiger partial charge in [0.25, 0.3) is 0 Å². The number of imidazole rings is 1. The van der Waals surface area contributed by atoms with Gasteiger partial charge in [-0.1, -0.05) is 150 Å². The molecule has 0 spiro atoms. The lowest BCUT2D eigenvalue weighted by atomic mass is 9.93. The van der Waals surface area contributed by atoms with Gasteiger partial charge in [0.2, 0.25) is 0 Å². The highest BCUT2D eigenvalue weighted by Gasteiger charge is 2.53. The van der Waals surface area contributed by atoms with Gasteiger partial charge < -0.3 is 18.8 Å². The summed E-state index contributed by atoms with van der Waals surface area (Å²) in [6.45, 7) is 23.8. The zero-order valence-electron chi connectivity index (χ0n) is 44.7. The molecule has 4 fully saturated rings. The zero-order valence-corrected chi connectivity index (χ0v) is 46.7. The Morgan fingerprint density at radius 3 is 2.05 bits per heavy atom. The molecular weight excluding hydrogens is 947 g/mol. The van der Waals surface area contributed by atoms with Crippen LogP contribution in [0.4, 0.5) is 14.6 Å². The molecule has 2 aromatic heterocycles. The molecule has 2 atom stereocenters. The average Bonchev–Trinajstić information content (AvgIpc) is 3.89. The molecule has 0 unspecified atom stereocenters. The third-order valence-corrected chi connectivity index (χ3v) is 28.5. The number of hydrogen-bond donors (Lipinski definition) is 0. The second-order valence-corrected chi connectivity index (χ2v) is 33.4. The van der Waals surface area contributed by atoms with Crippen molar-refractivity contribution in [3.05, 3.63) is 96.3 Å². The first-order chi connectivity index (χ1) is 35.0. The summed E-state index contributed by atoms with van der Waals surface area (Å²) >= 11 is 0. The predicted octanol–water partition coefficient (Wildman–Crippen LogP) is 13.5. The molecule has 9 nitrogen and oxygen atoms in total. The van der Waals surface area contributed by atoms with Crippen LogP contribution in [-0.4, -0.2) is 85.3 Å². The van der Waals surface area contributed by atoms with E-state index in [0.717, 1.165) is 105 Å². The van der Waals surface area contributed by atoms with Gasteiger partial charge in [0.15, 0.2) is 11.5 Å². The number of rotatable bonds is 14. The number of nitrogens with zero attached hydrogens (tertiary/aromatic N) is 6. The van der Waals surface area contributed by atoms with Crippen LogP contribution in [0.15, 0.2) is 84.9 Å². The van der Waals surface area contributed by atoms with Crippen molar-refractivity contribution in [1.82, 2.24) is 24.4 Å². The van der Waals surface area contributed by atoms with Crippen LogP contribution in [0.5, 0.6) is 23.5 Å². The molecule has 387 valence electrons. The molecule has 4 aromatic carbocycles. The number of hydrogen-bond acceptors (Lipinski definition) is 8. The van der Waals surface area contributed by atoms with Gasteiger partial charge in [0.05, 0.1) is 11.1 Å². The summed E-state index contributed by atoms with van der Waals surface area (Å²) in [6, 6.07) is 29.3. The van der Waals surface area contributed by atoms with Crippen molar-refractivity contribution in [2.45, 2.75) is 166 Å². The van der Waals surface area contributed by atoms with Crippen molar-refractivity contribution in [2.75, 3.05) is 37.7 Å². The highest BCUT2D eigenvalue weighted by Crippen LogP contribution is 2.47. The molecular formula is C60H76F2N6O3Si2-. The van der Waals surface area contributed by atoms with E-state index in [4.69, 9.17) is 28.9 Å². The zero-order chi connectivity index (χ0) is 51.3. The molecule has 3 saturated heterocycles. The molecule has 4 aliphatic rings. The first-order valence-electron chi connectivity index (χ1n) is 27.4. The Labute approximate surface area is 434 Å². The van der Waals surface area contributed by atoms with Gasteiger partial charge in [-0.05, 0) is 84.4 Å². The number of benzene rings is 4. The minimum absolute atomic E-state index is 0.0838. The van der Waals surface area contributed by atoms with Crippen LogP contribution in [0.25, 0.3) is 21.9 Å². The van der Waals surface area contributed by atoms with Gasteiger partial charge in [-0.3, -0.25) is 15.0 Å². The highest BCUT2D eigenvalue weighted by atomic mass is 28.4. The second-order valence-electron chi connectivity index (χ2n) is 23.6. The van der Waals surface area contributed by atoms with E-state index in [1.807, 2.05) is 18.2 Å². The van der Waals surface area contributed by atoms with Crippen LogP contribution in [0.2, 0.25) is 21.7 Å². The van der Waals surface area contributed by atoms with Gasteiger partial charge in [-0.15, -0.1) is 22.5 Å². The van der Waals surface area contributed by atoms with E-state index in [2.05, 4.69) is 149 Å². The molecule has 73 heavy (non-hydrogen) atoms. The molecule has 1 aliphatic carbocycles. The molecule has 0 N–H and O–H groups in total. The van der Waals surface area contributed by atoms with Crippen molar-refractivity contribution in [3.8, 4) is 35.0 Å². The van der Waals surface area contributed by atoms with Gasteiger partial charge in [0, 0.05) is 43.5 Å². The van der Waals surface area contributed by atoms with Crippen LogP contribution in [0, 0.1) is 17.3 Å². The minimum Gasteiger partial charge on any atom is -0.534 e. The number of halogens is 2. The van der Waals surface area contributed by atoms with E-state index >= 15 is 4.39 Å². The Hall–Kier alpha value is -5.30. The molecule has 10 rings (SSSR count). The number of ether oxygens (including phenoxy) is 2. The smallest absolute Gasteiger partial charge is 0.320 e. The Morgan fingerprint density at radius 1 is 0.795 bits per heavy atom. The number of fused-ring (bicyclic) bond motifs is 3. The topological polar surface area (TPSA) is 77.8 Å². The first kappa shape index (κ1) is 51.2. The van der Waals surface area contributed by atoms with Gasteiger partial charge >= 0.3 is 20.3 Å². The van der Waals surface area contributed by atoms with E-state index < -0.39 is 28.4 Å². The fraction of sp³-hybridized carbons (Fsp3) is 0.517. The number of aromatic nitrogens is 4. The van der Waals surface area contributed by atoms with Crippen molar-refractivity contribution in [2.24, 2.45) is 0 Å². The lowest BCUT2D eigenvalue weighted by Crippen LogP contribution is -2.68. The van der Waals surface area contributed by atoms with Crippen molar-refractivity contribution >= 4 is 54.5 Å². The van der Waals surface area contributed by atoms with E-state index in [1.54, 1.807) is 6.07 Å². The van der Waals surface area contributed by atoms with Crippen LogP contribution in [0.3, 0.4) is 0 Å². The van der Waals surface area contributed by atoms with Gasteiger partial charge in [-0.2, -0.15) is 15.0 Å². The minimum atomic E-state index is -3.15. The molecule has 0 bridgehead atoms. The highest BCUT2D eigenvalue weighted by molar-refractivity contribution is 7.00. The fourth-order valence-electron chi connectivity index (χ4n) is 13.4. The molecule has 5 heterocycles. The third-order valence-electron chi connectivity index (χ3n) is 17.2. The summed E-state index contributed by atoms with van der Waals surface area (Å²) in [4.78, 5) is 20.3. The number of alkyl halides is 1. The Morgan fingerprint density at radius 2 is 1.45 bits per heavy atom. The summed E-state index contributed by atoms with van der Waals surface area (Å²) in [7, 11) is -5.46. The lowest BCUT2D eigenvalue weighted by molar-refractivity contribution is 0.107. The molecule has 3 aliphatic heterocycles. The van der Waals surface area contributed by atoms with Crippen LogP contribution >= 0.6 is 0 Å². The fourth-order valence-corrected chi connectivity index (χ4v) is 23.0. The van der Waals surface area contributed by atoms with Crippen molar-refractivity contribution in [1.29, 1.82) is 0 Å². The summed E-state index contributed by atoms with van der Waals surface area (Å²) in [5.41, 5.74) is 6.16. The van der Waals surface area contributed by atoms with Crippen LogP contribution in [-0.2, 0) is 0 Å². The van der Waals surface area contributed by atoms with Crippen LogP contribution < -0.4 is 29.2 Å². The van der Waals surface area contributed by atoms with Gasteiger partial charge in [0.1, 0.15) is 35.6 Å². The van der Waals surface area contributed by atoms with E-state index in [9.17, 15) is 4.39 Å². The van der Waals surface area contributed by atoms with Crippen molar-refractivity contribution in [3.63, 3.8) is 0 Å². The number of anilines is 1. The Balaban J connectivity index is 1.19. The third kappa shape index (κ3) is 9.36. The first-order valence-corrected chi connectivity index (χ1v) is 31.5. The Kier molecular flexibility index (Phi) is 14.3. The monoisotopic (exact) mass is 1020 g/mol. The average molecular weight is 1020 g/mol.